The highest BCUT2D eigenvalue weighted by Crippen LogP contribution is 2.14. The first kappa shape index (κ1) is 11.0. The van der Waals surface area contributed by atoms with Crippen LogP contribution in [0.2, 0.25) is 0 Å². The predicted molar refractivity (Wildman–Crippen MR) is 53.0 cm³/mol. The van der Waals surface area contributed by atoms with E-state index in [9.17, 15) is 5.11 Å². The summed E-state index contributed by atoms with van der Waals surface area (Å²) < 4.78 is 4.90. The van der Waals surface area contributed by atoms with Crippen LogP contribution in [0.15, 0.2) is 4.52 Å². The minimum absolute atomic E-state index is 0.0925. The fourth-order valence-corrected chi connectivity index (χ4v) is 1.37. The van der Waals surface area contributed by atoms with E-state index in [0.29, 0.717) is 18.3 Å². The van der Waals surface area contributed by atoms with Gasteiger partial charge in [-0.3, -0.25) is 0 Å². The van der Waals surface area contributed by atoms with Crippen molar-refractivity contribution in [1.29, 1.82) is 0 Å². The molecule has 1 heterocycles. The molecule has 0 radical (unpaired) electrons. The van der Waals surface area contributed by atoms with E-state index in [4.69, 9.17) is 4.52 Å². The van der Waals surface area contributed by atoms with Gasteiger partial charge in [-0.15, -0.1) is 0 Å². The maximum atomic E-state index is 9.56. The Labute approximate surface area is 83.5 Å². The van der Waals surface area contributed by atoms with Crippen LogP contribution < -0.4 is 5.32 Å². The zero-order valence-corrected chi connectivity index (χ0v) is 9.03. The van der Waals surface area contributed by atoms with Crippen LogP contribution in [0.4, 0.5) is 6.01 Å². The molecule has 0 aliphatic heterocycles. The number of nitrogens with one attached hydrogen (secondary N) is 1. The first-order chi connectivity index (χ1) is 6.37. The number of hydrogen-bond donors (Lipinski definition) is 2. The van der Waals surface area contributed by atoms with Gasteiger partial charge in [0.15, 0.2) is 5.82 Å². The number of aliphatic hydroxyl groups is 1. The van der Waals surface area contributed by atoms with Gasteiger partial charge in [0.05, 0.1) is 5.60 Å². The van der Waals surface area contributed by atoms with Crippen LogP contribution in [0.3, 0.4) is 0 Å². The molecule has 0 spiro atoms. The fourth-order valence-electron chi connectivity index (χ4n) is 1.37. The Kier molecular flexibility index (Phi) is 3.10. The molecule has 0 fully saturated rings. The summed E-state index contributed by atoms with van der Waals surface area (Å²) in [6.45, 7) is 7.25. The highest BCUT2D eigenvalue weighted by atomic mass is 16.5. The van der Waals surface area contributed by atoms with Crippen LogP contribution in [-0.4, -0.2) is 26.9 Å². The highest BCUT2D eigenvalue weighted by molar-refractivity contribution is 5.19. The van der Waals surface area contributed by atoms with E-state index in [0.717, 1.165) is 0 Å². The Hall–Kier alpha value is -1.10. The van der Waals surface area contributed by atoms with Crippen molar-refractivity contribution >= 4 is 6.01 Å². The number of anilines is 1. The molecule has 0 amide bonds. The van der Waals surface area contributed by atoms with E-state index in [1.54, 1.807) is 20.8 Å². The van der Waals surface area contributed by atoms with Crippen LogP contribution in [0, 0.1) is 6.92 Å². The zero-order chi connectivity index (χ0) is 10.8. The molecule has 14 heavy (non-hydrogen) atoms. The summed E-state index contributed by atoms with van der Waals surface area (Å²) in [7, 11) is 0. The number of aryl methyl sites for hydroxylation is 1. The van der Waals surface area contributed by atoms with Crippen molar-refractivity contribution in [2.24, 2.45) is 0 Å². The first-order valence-electron chi connectivity index (χ1n) is 4.66. The van der Waals surface area contributed by atoms with Gasteiger partial charge in [0.25, 0.3) is 0 Å². The van der Waals surface area contributed by atoms with Crippen molar-refractivity contribution in [2.75, 3.05) is 5.32 Å². The van der Waals surface area contributed by atoms with Crippen molar-refractivity contribution in [3.05, 3.63) is 5.82 Å². The molecule has 1 unspecified atom stereocenters. The van der Waals surface area contributed by atoms with Crippen LogP contribution >= 0.6 is 0 Å². The largest absolute Gasteiger partial charge is 0.390 e. The van der Waals surface area contributed by atoms with Crippen molar-refractivity contribution in [2.45, 2.75) is 45.8 Å². The summed E-state index contributed by atoms with van der Waals surface area (Å²) in [5.41, 5.74) is -0.693. The summed E-state index contributed by atoms with van der Waals surface area (Å²) in [4.78, 5) is 4.01. The second-order valence-corrected chi connectivity index (χ2v) is 4.21. The lowest BCUT2D eigenvalue weighted by Crippen LogP contribution is -2.29. The lowest BCUT2D eigenvalue weighted by atomic mass is 10.0. The van der Waals surface area contributed by atoms with E-state index in [-0.39, 0.29) is 6.04 Å². The van der Waals surface area contributed by atoms with Gasteiger partial charge in [0, 0.05) is 6.04 Å². The average Bonchev–Trinajstić information content (AvgIpc) is 2.30. The van der Waals surface area contributed by atoms with Crippen molar-refractivity contribution < 1.29 is 9.63 Å². The van der Waals surface area contributed by atoms with E-state index in [1.165, 1.54) is 0 Å². The molecule has 5 heteroatoms. The first-order valence-corrected chi connectivity index (χ1v) is 4.66. The molecule has 0 aliphatic rings. The average molecular weight is 199 g/mol. The summed E-state index contributed by atoms with van der Waals surface area (Å²) in [5.74, 6) is 0.600. The third-order valence-corrected chi connectivity index (χ3v) is 1.70. The second-order valence-electron chi connectivity index (χ2n) is 4.21. The smallest absolute Gasteiger partial charge is 0.321 e. The molecular formula is C9H17N3O2. The monoisotopic (exact) mass is 199 g/mol. The van der Waals surface area contributed by atoms with Gasteiger partial charge in [-0.05, 0) is 34.1 Å². The summed E-state index contributed by atoms with van der Waals surface area (Å²) in [6, 6.07) is 0.495. The highest BCUT2D eigenvalue weighted by Gasteiger charge is 2.18. The number of rotatable bonds is 4. The minimum atomic E-state index is -0.693. The lowest BCUT2D eigenvalue weighted by Gasteiger charge is -2.21. The van der Waals surface area contributed by atoms with Crippen LogP contribution in [0.5, 0.6) is 0 Å². The summed E-state index contributed by atoms with van der Waals surface area (Å²) in [6.07, 6.45) is 0.619. The quantitative estimate of drug-likeness (QED) is 0.765. The Bertz CT molecular complexity index is 290. The van der Waals surface area contributed by atoms with Gasteiger partial charge in [-0.25, -0.2) is 0 Å². The van der Waals surface area contributed by atoms with Gasteiger partial charge in [-0.2, -0.15) is 4.98 Å². The molecule has 80 valence electrons. The third kappa shape index (κ3) is 3.74. The summed E-state index contributed by atoms with van der Waals surface area (Å²) in [5, 5.41) is 16.2. The maximum absolute atomic E-state index is 9.56. The molecule has 0 bridgehead atoms. The number of aromatic nitrogens is 2. The Morgan fingerprint density at radius 1 is 1.57 bits per heavy atom. The van der Waals surface area contributed by atoms with Crippen molar-refractivity contribution in [1.82, 2.24) is 10.1 Å². The molecule has 0 saturated carbocycles. The van der Waals surface area contributed by atoms with Crippen LogP contribution in [0.1, 0.15) is 33.0 Å². The van der Waals surface area contributed by atoms with E-state index < -0.39 is 5.60 Å². The molecule has 2 N–H and O–H groups in total. The van der Waals surface area contributed by atoms with Crippen LogP contribution in [-0.2, 0) is 0 Å². The van der Waals surface area contributed by atoms with Gasteiger partial charge >= 0.3 is 6.01 Å². The predicted octanol–water partition coefficient (Wildman–Crippen LogP) is 1.34. The van der Waals surface area contributed by atoms with Gasteiger partial charge < -0.3 is 14.9 Å². The third-order valence-electron chi connectivity index (χ3n) is 1.70. The maximum Gasteiger partial charge on any atom is 0.321 e. The number of hydrogen-bond acceptors (Lipinski definition) is 5. The van der Waals surface area contributed by atoms with Crippen molar-refractivity contribution in [3.63, 3.8) is 0 Å². The second kappa shape index (κ2) is 3.96. The van der Waals surface area contributed by atoms with E-state index in [1.807, 2.05) is 6.92 Å². The molecule has 1 atom stereocenters. The Morgan fingerprint density at radius 2 is 2.21 bits per heavy atom. The molecule has 0 saturated heterocycles. The molecule has 1 aromatic heterocycles. The van der Waals surface area contributed by atoms with Crippen LogP contribution in [0.25, 0.3) is 0 Å². The van der Waals surface area contributed by atoms with Gasteiger partial charge in [0.2, 0.25) is 0 Å². The Morgan fingerprint density at radius 3 is 2.64 bits per heavy atom. The van der Waals surface area contributed by atoms with Gasteiger partial charge in [0.1, 0.15) is 0 Å². The van der Waals surface area contributed by atoms with E-state index in [2.05, 4.69) is 15.5 Å². The lowest BCUT2D eigenvalue weighted by molar-refractivity contribution is 0.0670. The molecule has 0 aliphatic carbocycles. The molecule has 0 aromatic carbocycles. The molecular weight excluding hydrogens is 182 g/mol. The van der Waals surface area contributed by atoms with Gasteiger partial charge in [-0.1, -0.05) is 5.16 Å². The summed E-state index contributed by atoms with van der Waals surface area (Å²) >= 11 is 0. The van der Waals surface area contributed by atoms with E-state index >= 15 is 0 Å². The van der Waals surface area contributed by atoms with Crippen molar-refractivity contribution in [3.8, 4) is 0 Å². The molecule has 1 aromatic rings. The SMILES string of the molecule is Cc1noc(NC(C)CC(C)(C)O)n1. The standard InChI is InChI=1S/C9H17N3O2/c1-6(5-9(3,4)13)10-8-11-7(2)12-14-8/h6,13H,5H2,1-4H3,(H,10,11,12). The normalized spacial score (nSPS) is 14.1. The number of nitrogens with zero attached hydrogens (tertiary/aromatic N) is 2. The minimum Gasteiger partial charge on any atom is -0.390 e. The molecule has 1 rings (SSSR count). The fraction of sp³-hybridized carbons (Fsp3) is 0.778. The topological polar surface area (TPSA) is 71.2 Å². The Balaban J connectivity index is 2.45. The zero-order valence-electron chi connectivity index (χ0n) is 9.03. The molecule has 5 nitrogen and oxygen atoms in total.